The van der Waals surface area contributed by atoms with E-state index in [1.807, 2.05) is 31.4 Å². The average Bonchev–Trinajstić information content (AvgIpc) is 3.30. The third-order valence-corrected chi connectivity index (χ3v) is 7.20. The van der Waals surface area contributed by atoms with Crippen LogP contribution in [0.1, 0.15) is 47.7 Å². The number of rotatable bonds is 5. The summed E-state index contributed by atoms with van der Waals surface area (Å²) in [7, 11) is 1.83. The minimum Gasteiger partial charge on any atom is -0.385 e. The van der Waals surface area contributed by atoms with Crippen LogP contribution in [0.25, 0.3) is 0 Å². The molecule has 0 aliphatic carbocycles. The van der Waals surface area contributed by atoms with E-state index in [4.69, 9.17) is 4.74 Å². The molecule has 1 aromatic carbocycles. The molecule has 5 rings (SSSR count). The van der Waals surface area contributed by atoms with Gasteiger partial charge in [0.25, 0.3) is 5.91 Å². The largest absolute Gasteiger partial charge is 0.385 e. The highest BCUT2D eigenvalue weighted by molar-refractivity contribution is 6.16. The number of aryl methyl sites for hydroxylation is 1. The molecular weight excluding hydrogens is 444 g/mol. The number of carbonyl (C=O) groups excluding carboxylic acids is 2. The lowest BCUT2D eigenvalue weighted by Crippen LogP contribution is -2.43. The number of ether oxygens (including phenoxy) is 1. The number of benzene rings is 1. The lowest BCUT2D eigenvalue weighted by molar-refractivity contribution is -0.128. The van der Waals surface area contributed by atoms with E-state index in [-0.39, 0.29) is 11.8 Å². The predicted molar refractivity (Wildman–Crippen MR) is 133 cm³/mol. The summed E-state index contributed by atoms with van der Waals surface area (Å²) in [6.45, 7) is 4.63. The lowest BCUT2D eigenvalue weighted by Gasteiger charge is -2.35. The van der Waals surface area contributed by atoms with E-state index in [1.54, 1.807) is 27.6 Å². The molecule has 0 radical (unpaired) electrons. The highest BCUT2D eigenvalue weighted by Crippen LogP contribution is 2.30. The first kappa shape index (κ1) is 23.3. The second kappa shape index (κ2) is 9.65. The van der Waals surface area contributed by atoms with Crippen LogP contribution < -0.4 is 10.2 Å². The normalized spacial score (nSPS) is 19.1. The van der Waals surface area contributed by atoms with Gasteiger partial charge in [0, 0.05) is 87.9 Å². The first-order valence-electron chi connectivity index (χ1n) is 12.3. The van der Waals surface area contributed by atoms with Gasteiger partial charge in [-0.3, -0.25) is 19.7 Å². The van der Waals surface area contributed by atoms with E-state index in [0.717, 1.165) is 54.1 Å². The molecule has 2 amide bonds. The molecular formula is C26H32N6O3. The SMILES string of the molecule is CC(=O)N1CCC(NC2CCOCC2)=C(C(=N)c2cccc3c2CCN(c2cnn(C)c2)C3=O)C1. The molecule has 2 N–H and O–H groups in total. The zero-order valence-electron chi connectivity index (χ0n) is 20.3. The smallest absolute Gasteiger partial charge is 0.258 e. The summed E-state index contributed by atoms with van der Waals surface area (Å²) in [6.07, 6.45) is 6.75. The van der Waals surface area contributed by atoms with E-state index in [2.05, 4.69) is 10.4 Å². The van der Waals surface area contributed by atoms with Crippen molar-refractivity contribution in [2.75, 3.05) is 37.7 Å². The first-order chi connectivity index (χ1) is 16.9. The maximum absolute atomic E-state index is 13.4. The molecule has 0 bridgehead atoms. The summed E-state index contributed by atoms with van der Waals surface area (Å²) in [5, 5.41) is 17.1. The molecule has 4 heterocycles. The summed E-state index contributed by atoms with van der Waals surface area (Å²) >= 11 is 0. The van der Waals surface area contributed by atoms with Crippen LogP contribution >= 0.6 is 0 Å². The minimum absolute atomic E-state index is 0.0118. The molecule has 1 saturated heterocycles. The van der Waals surface area contributed by atoms with Gasteiger partial charge in [0.1, 0.15) is 0 Å². The summed E-state index contributed by atoms with van der Waals surface area (Å²) in [6, 6.07) is 5.94. The Morgan fingerprint density at radius 3 is 2.71 bits per heavy atom. The van der Waals surface area contributed by atoms with Crippen molar-refractivity contribution in [3.05, 3.63) is 58.6 Å². The van der Waals surface area contributed by atoms with Crippen LogP contribution in [0.2, 0.25) is 0 Å². The van der Waals surface area contributed by atoms with Crippen LogP contribution in [0.15, 0.2) is 41.9 Å². The maximum Gasteiger partial charge on any atom is 0.258 e. The molecule has 1 aromatic heterocycles. The number of fused-ring (bicyclic) bond motifs is 1. The van der Waals surface area contributed by atoms with Gasteiger partial charge in [-0.05, 0) is 30.9 Å². The van der Waals surface area contributed by atoms with Crippen molar-refractivity contribution < 1.29 is 14.3 Å². The van der Waals surface area contributed by atoms with Gasteiger partial charge in [-0.1, -0.05) is 12.1 Å². The molecule has 0 unspecified atom stereocenters. The third-order valence-electron chi connectivity index (χ3n) is 7.20. The number of hydrogen-bond donors (Lipinski definition) is 2. The fraction of sp³-hybridized carbons (Fsp3) is 0.462. The van der Waals surface area contributed by atoms with E-state index >= 15 is 0 Å². The van der Waals surface area contributed by atoms with Crippen LogP contribution in [0, 0.1) is 5.41 Å². The van der Waals surface area contributed by atoms with Crippen molar-refractivity contribution in [3.8, 4) is 0 Å². The monoisotopic (exact) mass is 476 g/mol. The van der Waals surface area contributed by atoms with Crippen LogP contribution in [0.5, 0.6) is 0 Å². The number of hydrogen-bond acceptors (Lipinski definition) is 6. The molecule has 3 aliphatic heterocycles. The van der Waals surface area contributed by atoms with Crippen molar-refractivity contribution in [2.24, 2.45) is 7.05 Å². The zero-order valence-corrected chi connectivity index (χ0v) is 20.3. The Kier molecular flexibility index (Phi) is 6.42. The minimum atomic E-state index is -0.0718. The van der Waals surface area contributed by atoms with Gasteiger partial charge in [0.2, 0.25) is 5.91 Å². The van der Waals surface area contributed by atoms with E-state index in [1.165, 1.54) is 0 Å². The first-order valence-corrected chi connectivity index (χ1v) is 12.3. The molecule has 0 saturated carbocycles. The van der Waals surface area contributed by atoms with Gasteiger partial charge in [0.15, 0.2) is 0 Å². The lowest BCUT2D eigenvalue weighted by atomic mass is 9.87. The standard InChI is InChI=1S/C26H32N6O3/c1-17(33)31-10-7-24(29-18-8-12-35-13-9-18)23(16-31)25(27)21-4-3-5-22-20(21)6-11-32(26(22)34)19-14-28-30(2)15-19/h3-5,14-15,18,27,29H,6-13,16H2,1-2H3. The van der Waals surface area contributed by atoms with Crippen LogP contribution in [0.3, 0.4) is 0 Å². The Morgan fingerprint density at radius 1 is 1.20 bits per heavy atom. The molecule has 1 fully saturated rings. The second-order valence-electron chi connectivity index (χ2n) is 9.46. The predicted octanol–water partition coefficient (Wildman–Crippen LogP) is 2.27. The van der Waals surface area contributed by atoms with Gasteiger partial charge in [-0.2, -0.15) is 5.10 Å². The number of nitrogens with one attached hydrogen (secondary N) is 2. The molecule has 2 aromatic rings. The van der Waals surface area contributed by atoms with E-state index < -0.39 is 0 Å². The average molecular weight is 477 g/mol. The Labute approximate surface area is 205 Å². The fourth-order valence-electron chi connectivity index (χ4n) is 5.23. The molecule has 184 valence electrons. The van der Waals surface area contributed by atoms with Crippen molar-refractivity contribution in [2.45, 2.75) is 38.6 Å². The Balaban J connectivity index is 1.47. The van der Waals surface area contributed by atoms with Crippen LogP contribution in [0.4, 0.5) is 5.69 Å². The molecule has 3 aliphatic rings. The summed E-state index contributed by atoms with van der Waals surface area (Å²) in [4.78, 5) is 29.1. The Hall–Kier alpha value is -3.46. The van der Waals surface area contributed by atoms with Crippen LogP contribution in [-0.2, 0) is 23.0 Å². The molecule has 9 heteroatoms. The van der Waals surface area contributed by atoms with Gasteiger partial charge < -0.3 is 19.9 Å². The topological polar surface area (TPSA) is 104 Å². The number of amides is 2. The van der Waals surface area contributed by atoms with Gasteiger partial charge in [-0.15, -0.1) is 0 Å². The summed E-state index contributed by atoms with van der Waals surface area (Å²) in [5.74, 6) is -0.0600. The number of carbonyl (C=O) groups is 2. The molecule has 9 nitrogen and oxygen atoms in total. The Bertz CT molecular complexity index is 1190. The second-order valence-corrected chi connectivity index (χ2v) is 9.46. The van der Waals surface area contributed by atoms with Crippen molar-refractivity contribution in [1.82, 2.24) is 20.0 Å². The van der Waals surface area contributed by atoms with E-state index in [0.29, 0.717) is 49.8 Å². The highest BCUT2D eigenvalue weighted by atomic mass is 16.5. The molecule has 0 spiro atoms. The number of aromatic nitrogens is 2. The van der Waals surface area contributed by atoms with Gasteiger partial charge in [0.05, 0.1) is 17.6 Å². The van der Waals surface area contributed by atoms with E-state index in [9.17, 15) is 15.0 Å². The Morgan fingerprint density at radius 2 is 2.00 bits per heavy atom. The number of anilines is 1. The summed E-state index contributed by atoms with van der Waals surface area (Å²) in [5.41, 5.74) is 5.35. The summed E-state index contributed by atoms with van der Waals surface area (Å²) < 4.78 is 7.19. The van der Waals surface area contributed by atoms with Crippen LogP contribution in [-0.4, -0.2) is 71.1 Å². The van der Waals surface area contributed by atoms with Crippen molar-refractivity contribution in [3.63, 3.8) is 0 Å². The molecule has 35 heavy (non-hydrogen) atoms. The fourth-order valence-corrected chi connectivity index (χ4v) is 5.23. The van der Waals surface area contributed by atoms with Crippen molar-refractivity contribution >= 4 is 23.2 Å². The maximum atomic E-state index is 13.4. The number of nitrogens with zero attached hydrogens (tertiary/aromatic N) is 4. The van der Waals surface area contributed by atoms with Gasteiger partial charge in [-0.25, -0.2) is 0 Å². The highest BCUT2D eigenvalue weighted by Gasteiger charge is 2.31. The third kappa shape index (κ3) is 4.60. The molecule has 0 atom stereocenters. The van der Waals surface area contributed by atoms with Gasteiger partial charge >= 0.3 is 0 Å². The quantitative estimate of drug-likeness (QED) is 0.645. The van der Waals surface area contributed by atoms with Crippen molar-refractivity contribution in [1.29, 1.82) is 5.41 Å². The zero-order chi connectivity index (χ0) is 24.5.